The van der Waals surface area contributed by atoms with Crippen molar-refractivity contribution in [2.45, 2.75) is 38.1 Å². The van der Waals surface area contributed by atoms with E-state index in [0.717, 1.165) is 17.7 Å². The van der Waals surface area contributed by atoms with Crippen LogP contribution in [0.4, 0.5) is 18.0 Å². The van der Waals surface area contributed by atoms with Crippen LogP contribution in [0.15, 0.2) is 54.6 Å². The molecule has 0 unspecified atom stereocenters. The number of nitrogens with zero attached hydrogens (tertiary/aromatic N) is 1. The first-order chi connectivity index (χ1) is 14.3. The molecule has 160 valence electrons. The molecule has 0 atom stereocenters. The van der Waals surface area contributed by atoms with E-state index in [2.05, 4.69) is 5.32 Å². The van der Waals surface area contributed by atoms with E-state index in [0.29, 0.717) is 31.5 Å². The van der Waals surface area contributed by atoms with Gasteiger partial charge < -0.3 is 15.0 Å². The van der Waals surface area contributed by atoms with Gasteiger partial charge >= 0.3 is 12.3 Å². The lowest BCUT2D eigenvalue weighted by Crippen LogP contribution is -2.47. The molecule has 30 heavy (non-hydrogen) atoms. The van der Waals surface area contributed by atoms with Crippen molar-refractivity contribution in [2.75, 3.05) is 13.1 Å². The van der Waals surface area contributed by atoms with Crippen LogP contribution in [0.3, 0.4) is 0 Å². The second kappa shape index (κ2) is 9.65. The summed E-state index contributed by atoms with van der Waals surface area (Å²) in [5.41, 5.74) is 0.707. The fraction of sp³-hybridized carbons (Fsp3) is 0.364. The minimum absolute atomic E-state index is 0.0509. The molecular formula is C22H23F3N2O3. The molecule has 1 saturated heterocycles. The molecule has 2 amide bonds. The van der Waals surface area contributed by atoms with Gasteiger partial charge in [0.15, 0.2) is 0 Å². The van der Waals surface area contributed by atoms with Gasteiger partial charge in [-0.05, 0) is 36.1 Å². The molecule has 0 spiro atoms. The van der Waals surface area contributed by atoms with Crippen molar-refractivity contribution in [3.05, 3.63) is 71.3 Å². The maximum absolute atomic E-state index is 12.6. The van der Waals surface area contributed by atoms with E-state index in [1.165, 1.54) is 12.1 Å². The third kappa shape index (κ3) is 6.23. The van der Waals surface area contributed by atoms with E-state index in [9.17, 15) is 22.8 Å². The van der Waals surface area contributed by atoms with Gasteiger partial charge in [-0.25, -0.2) is 4.79 Å². The molecular weight excluding hydrogens is 397 g/mol. The smallest absolute Gasteiger partial charge is 0.416 e. The van der Waals surface area contributed by atoms with Gasteiger partial charge in [0.2, 0.25) is 5.91 Å². The third-order valence-electron chi connectivity index (χ3n) is 5.02. The highest BCUT2D eigenvalue weighted by Gasteiger charge is 2.30. The summed E-state index contributed by atoms with van der Waals surface area (Å²) in [7, 11) is 0. The van der Waals surface area contributed by atoms with Crippen molar-refractivity contribution in [3.63, 3.8) is 0 Å². The number of amides is 2. The lowest BCUT2D eigenvalue weighted by molar-refractivity contribution is -0.137. The number of alkyl halides is 3. The SMILES string of the molecule is O=C(NC1CCN(C(=O)Cc2ccc(C(F)(F)F)cc2)CC1)OCc1ccccc1. The van der Waals surface area contributed by atoms with Gasteiger partial charge in [0, 0.05) is 19.1 Å². The van der Waals surface area contributed by atoms with E-state index in [1.807, 2.05) is 30.3 Å². The Balaban J connectivity index is 1.40. The zero-order valence-corrected chi connectivity index (χ0v) is 16.3. The number of carbonyl (C=O) groups is 2. The van der Waals surface area contributed by atoms with Gasteiger partial charge in [0.1, 0.15) is 6.61 Å². The summed E-state index contributed by atoms with van der Waals surface area (Å²) in [4.78, 5) is 26.0. The molecule has 0 radical (unpaired) electrons. The van der Waals surface area contributed by atoms with E-state index in [-0.39, 0.29) is 25.0 Å². The molecule has 1 aliphatic heterocycles. The van der Waals surface area contributed by atoms with Crippen LogP contribution in [-0.2, 0) is 28.7 Å². The molecule has 1 heterocycles. The molecule has 1 N–H and O–H groups in total. The van der Waals surface area contributed by atoms with Crippen LogP contribution in [0.2, 0.25) is 0 Å². The predicted molar refractivity (Wildman–Crippen MR) is 105 cm³/mol. The number of benzene rings is 2. The third-order valence-corrected chi connectivity index (χ3v) is 5.02. The molecule has 2 aromatic rings. The highest BCUT2D eigenvalue weighted by molar-refractivity contribution is 5.79. The van der Waals surface area contributed by atoms with E-state index in [4.69, 9.17) is 4.74 Å². The summed E-state index contributed by atoms with van der Waals surface area (Å²) >= 11 is 0. The van der Waals surface area contributed by atoms with E-state index in [1.54, 1.807) is 4.90 Å². The van der Waals surface area contributed by atoms with Gasteiger partial charge in [-0.15, -0.1) is 0 Å². The van der Waals surface area contributed by atoms with Crippen molar-refractivity contribution >= 4 is 12.0 Å². The Hall–Kier alpha value is -3.03. The first-order valence-corrected chi connectivity index (χ1v) is 9.72. The van der Waals surface area contributed by atoms with Crippen molar-refractivity contribution in [2.24, 2.45) is 0 Å². The first-order valence-electron chi connectivity index (χ1n) is 9.72. The molecule has 0 aliphatic carbocycles. The number of halogens is 3. The summed E-state index contributed by atoms with van der Waals surface area (Å²) < 4.78 is 43.1. The Bertz CT molecular complexity index is 846. The fourth-order valence-corrected chi connectivity index (χ4v) is 3.30. The lowest BCUT2D eigenvalue weighted by atomic mass is 10.0. The van der Waals surface area contributed by atoms with E-state index >= 15 is 0 Å². The van der Waals surface area contributed by atoms with Gasteiger partial charge in [-0.1, -0.05) is 42.5 Å². The Kier molecular flexibility index (Phi) is 6.97. The average molecular weight is 420 g/mol. The Morgan fingerprint density at radius 1 is 0.967 bits per heavy atom. The number of ether oxygens (including phenoxy) is 1. The summed E-state index contributed by atoms with van der Waals surface area (Å²) in [5.74, 6) is -0.139. The van der Waals surface area contributed by atoms with Crippen molar-refractivity contribution in [1.82, 2.24) is 10.2 Å². The summed E-state index contributed by atoms with van der Waals surface area (Å²) in [6.07, 6.45) is -3.64. The minimum Gasteiger partial charge on any atom is -0.445 e. The number of hydrogen-bond acceptors (Lipinski definition) is 3. The molecule has 0 bridgehead atoms. The number of alkyl carbamates (subject to hydrolysis) is 1. The second-order valence-electron chi connectivity index (χ2n) is 7.23. The molecule has 0 aromatic heterocycles. The molecule has 0 saturated carbocycles. The van der Waals surface area contributed by atoms with Crippen molar-refractivity contribution < 1.29 is 27.5 Å². The summed E-state index contributed by atoms with van der Waals surface area (Å²) in [6, 6.07) is 13.9. The van der Waals surface area contributed by atoms with Gasteiger partial charge in [-0.2, -0.15) is 13.2 Å². The van der Waals surface area contributed by atoms with E-state index < -0.39 is 17.8 Å². The number of hydrogen-bond donors (Lipinski definition) is 1. The first kappa shape index (κ1) is 21.7. The minimum atomic E-state index is -4.39. The quantitative estimate of drug-likeness (QED) is 0.790. The molecule has 8 heteroatoms. The van der Waals surface area contributed by atoms with Gasteiger partial charge in [-0.3, -0.25) is 4.79 Å². The molecule has 1 fully saturated rings. The van der Waals surface area contributed by atoms with Gasteiger partial charge in [0.05, 0.1) is 12.0 Å². The topological polar surface area (TPSA) is 58.6 Å². The number of rotatable bonds is 5. The Morgan fingerprint density at radius 3 is 2.20 bits per heavy atom. The van der Waals surface area contributed by atoms with Crippen LogP contribution >= 0.6 is 0 Å². The molecule has 2 aromatic carbocycles. The van der Waals surface area contributed by atoms with Crippen LogP contribution in [0, 0.1) is 0 Å². The molecule has 3 rings (SSSR count). The zero-order valence-electron chi connectivity index (χ0n) is 16.3. The van der Waals surface area contributed by atoms with Crippen LogP contribution < -0.4 is 5.32 Å². The maximum Gasteiger partial charge on any atom is 0.416 e. The number of nitrogens with one attached hydrogen (secondary N) is 1. The normalized spacial score (nSPS) is 15.0. The number of carbonyl (C=O) groups excluding carboxylic acids is 2. The average Bonchev–Trinajstić information content (AvgIpc) is 2.73. The van der Waals surface area contributed by atoms with Crippen LogP contribution in [0.1, 0.15) is 29.5 Å². The van der Waals surface area contributed by atoms with Gasteiger partial charge in [0.25, 0.3) is 0 Å². The van der Waals surface area contributed by atoms with Crippen LogP contribution in [0.25, 0.3) is 0 Å². The second-order valence-corrected chi connectivity index (χ2v) is 7.23. The highest BCUT2D eigenvalue weighted by Crippen LogP contribution is 2.29. The summed E-state index contributed by atoms with van der Waals surface area (Å²) in [6.45, 7) is 1.14. The summed E-state index contributed by atoms with van der Waals surface area (Å²) in [5, 5.41) is 2.81. The maximum atomic E-state index is 12.6. The zero-order chi connectivity index (χ0) is 21.6. The monoisotopic (exact) mass is 420 g/mol. The van der Waals surface area contributed by atoms with Crippen LogP contribution in [0.5, 0.6) is 0 Å². The standard InChI is InChI=1S/C22H23F3N2O3/c23-22(24,25)18-8-6-16(7-9-18)14-20(28)27-12-10-19(11-13-27)26-21(29)30-15-17-4-2-1-3-5-17/h1-9,19H,10-15H2,(H,26,29). The fourth-order valence-electron chi connectivity index (χ4n) is 3.30. The Labute approximate surface area is 172 Å². The molecule has 5 nitrogen and oxygen atoms in total. The highest BCUT2D eigenvalue weighted by atomic mass is 19.4. The molecule has 1 aliphatic rings. The van der Waals surface area contributed by atoms with Crippen molar-refractivity contribution in [1.29, 1.82) is 0 Å². The predicted octanol–water partition coefficient (Wildman–Crippen LogP) is 4.17. The van der Waals surface area contributed by atoms with Crippen LogP contribution in [-0.4, -0.2) is 36.0 Å². The number of piperidine rings is 1. The lowest BCUT2D eigenvalue weighted by Gasteiger charge is -2.32. The van der Waals surface area contributed by atoms with Crippen molar-refractivity contribution in [3.8, 4) is 0 Å². The number of likely N-dealkylation sites (tertiary alicyclic amines) is 1. The Morgan fingerprint density at radius 2 is 1.60 bits per heavy atom. The largest absolute Gasteiger partial charge is 0.445 e.